The second-order valence-corrected chi connectivity index (χ2v) is 7.50. The first-order chi connectivity index (χ1) is 16.6. The van der Waals surface area contributed by atoms with Crippen LogP contribution in [-0.4, -0.2) is 18.2 Å². The zero-order chi connectivity index (χ0) is 25.2. The van der Waals surface area contributed by atoms with Crippen LogP contribution in [0.5, 0.6) is 23.0 Å². The minimum atomic E-state index is -5.05. The summed E-state index contributed by atoms with van der Waals surface area (Å²) in [6.07, 6.45) is -5.02. The van der Waals surface area contributed by atoms with Gasteiger partial charge in [-0.15, -0.1) is 0 Å². The second-order valence-electron chi connectivity index (χ2n) is 7.12. The predicted octanol–water partition coefficient (Wildman–Crippen LogP) is 5.79. The Hall–Kier alpha value is -3.99. The highest BCUT2D eigenvalue weighted by atomic mass is 35.5. The van der Waals surface area contributed by atoms with E-state index in [2.05, 4.69) is 5.16 Å². The molecule has 0 spiro atoms. The molecule has 0 aliphatic carbocycles. The highest BCUT2D eigenvalue weighted by Gasteiger charge is 2.40. The molecule has 8 nitrogen and oxygen atoms in total. The predicted molar refractivity (Wildman–Crippen MR) is 116 cm³/mol. The molecule has 0 N–H and O–H groups in total. The maximum absolute atomic E-state index is 13.7. The van der Waals surface area contributed by atoms with Gasteiger partial charge in [-0.25, -0.2) is 0 Å². The monoisotopic (exact) mass is 509 g/mol. The molecular formula is C23H15ClF3NO7. The highest BCUT2D eigenvalue weighted by molar-refractivity contribution is 6.29. The van der Waals surface area contributed by atoms with E-state index < -0.39 is 34.7 Å². The summed E-state index contributed by atoms with van der Waals surface area (Å²) in [6.45, 7) is 0. The number of aromatic nitrogens is 1. The van der Waals surface area contributed by atoms with E-state index in [1.54, 1.807) is 6.07 Å². The van der Waals surface area contributed by atoms with Crippen molar-refractivity contribution in [1.29, 1.82) is 0 Å². The van der Waals surface area contributed by atoms with Crippen molar-refractivity contribution in [1.82, 2.24) is 5.16 Å². The van der Waals surface area contributed by atoms with Crippen molar-refractivity contribution >= 4 is 28.5 Å². The van der Waals surface area contributed by atoms with Crippen molar-refractivity contribution in [3.63, 3.8) is 0 Å². The number of esters is 1. The zero-order valence-electron chi connectivity index (χ0n) is 17.8. The van der Waals surface area contributed by atoms with Crippen LogP contribution in [0.15, 0.2) is 62.3 Å². The molecule has 2 aromatic heterocycles. The lowest BCUT2D eigenvalue weighted by molar-refractivity contribution is -0.154. The van der Waals surface area contributed by atoms with Gasteiger partial charge in [0.05, 0.1) is 18.9 Å². The number of hydrogen-bond acceptors (Lipinski definition) is 8. The maximum Gasteiger partial charge on any atom is 0.453 e. The number of methoxy groups -OCH3 is 1. The van der Waals surface area contributed by atoms with Crippen LogP contribution in [0.2, 0.25) is 5.15 Å². The Bertz CT molecular complexity index is 1450. The van der Waals surface area contributed by atoms with E-state index in [9.17, 15) is 22.8 Å². The van der Waals surface area contributed by atoms with E-state index in [-0.39, 0.29) is 34.9 Å². The third-order valence-corrected chi connectivity index (χ3v) is 4.86. The van der Waals surface area contributed by atoms with Gasteiger partial charge in [0, 0.05) is 24.6 Å². The molecular weight excluding hydrogens is 495 g/mol. The smallest absolute Gasteiger partial charge is 0.453 e. The van der Waals surface area contributed by atoms with E-state index in [4.69, 9.17) is 34.8 Å². The summed E-state index contributed by atoms with van der Waals surface area (Å²) < 4.78 is 66.5. The lowest BCUT2D eigenvalue weighted by Crippen LogP contribution is -2.15. The Kier molecular flexibility index (Phi) is 6.70. The maximum atomic E-state index is 13.7. The quantitative estimate of drug-likeness (QED) is 0.228. The summed E-state index contributed by atoms with van der Waals surface area (Å²) in [5.74, 6) is -2.87. The molecule has 0 unspecified atom stereocenters. The number of carbonyl (C=O) groups excluding carboxylic acids is 1. The summed E-state index contributed by atoms with van der Waals surface area (Å²) in [6, 6.07) is 10.6. The first-order valence-electron chi connectivity index (χ1n) is 9.96. The van der Waals surface area contributed by atoms with Crippen molar-refractivity contribution in [3.8, 4) is 23.0 Å². The number of alkyl halides is 3. The summed E-state index contributed by atoms with van der Waals surface area (Å²) in [4.78, 5) is 25.0. The minimum Gasteiger partial charge on any atom is -0.497 e. The third kappa shape index (κ3) is 5.57. The van der Waals surface area contributed by atoms with E-state index in [1.165, 1.54) is 43.5 Å². The number of fused-ring (bicyclic) bond motifs is 1. The first-order valence-corrected chi connectivity index (χ1v) is 10.3. The molecule has 0 aliphatic heterocycles. The molecule has 0 saturated heterocycles. The van der Waals surface area contributed by atoms with Crippen LogP contribution < -0.4 is 19.6 Å². The third-order valence-electron chi connectivity index (χ3n) is 4.68. The van der Waals surface area contributed by atoms with E-state index in [1.807, 2.05) is 0 Å². The summed E-state index contributed by atoms with van der Waals surface area (Å²) in [5, 5.41) is 3.41. The first kappa shape index (κ1) is 24.1. The minimum absolute atomic E-state index is 0.0555. The molecule has 0 fully saturated rings. The molecule has 2 heterocycles. The van der Waals surface area contributed by atoms with Gasteiger partial charge in [0.25, 0.3) is 5.76 Å². The zero-order valence-corrected chi connectivity index (χ0v) is 18.6. The molecule has 2 aromatic carbocycles. The number of nitrogens with zero attached hydrogens (tertiary/aromatic N) is 1. The van der Waals surface area contributed by atoms with Gasteiger partial charge >= 0.3 is 12.1 Å². The Morgan fingerprint density at radius 3 is 2.54 bits per heavy atom. The van der Waals surface area contributed by atoms with Gasteiger partial charge in [-0.1, -0.05) is 22.8 Å². The Labute approximate surface area is 199 Å². The van der Waals surface area contributed by atoms with Gasteiger partial charge in [-0.3, -0.25) is 9.59 Å². The topological polar surface area (TPSA) is 101 Å². The van der Waals surface area contributed by atoms with Crippen LogP contribution in [0.4, 0.5) is 13.2 Å². The molecule has 182 valence electrons. The highest BCUT2D eigenvalue weighted by Crippen LogP contribution is 2.39. The van der Waals surface area contributed by atoms with Crippen molar-refractivity contribution in [2.45, 2.75) is 19.0 Å². The Morgan fingerprint density at radius 1 is 1.09 bits per heavy atom. The molecule has 4 aromatic rings. The number of rotatable bonds is 7. The van der Waals surface area contributed by atoms with Crippen LogP contribution in [0.25, 0.3) is 11.0 Å². The molecule has 35 heavy (non-hydrogen) atoms. The average molecular weight is 510 g/mol. The van der Waals surface area contributed by atoms with Crippen LogP contribution in [-0.2, 0) is 17.4 Å². The number of benzene rings is 2. The summed E-state index contributed by atoms with van der Waals surface area (Å²) >= 11 is 5.64. The normalized spacial score (nSPS) is 11.5. The number of halogens is 4. The molecule has 12 heteroatoms. The fourth-order valence-corrected chi connectivity index (χ4v) is 3.25. The number of hydrogen-bond donors (Lipinski definition) is 0. The fraction of sp³-hybridized carbons (Fsp3) is 0.174. The number of aryl methyl sites for hydroxylation is 1. The summed E-state index contributed by atoms with van der Waals surface area (Å²) in [7, 11) is 1.37. The van der Waals surface area contributed by atoms with Gasteiger partial charge in [0.1, 0.15) is 28.6 Å². The largest absolute Gasteiger partial charge is 0.497 e. The van der Waals surface area contributed by atoms with Crippen molar-refractivity contribution in [2.75, 3.05) is 7.11 Å². The Morgan fingerprint density at radius 2 is 1.86 bits per heavy atom. The lowest BCUT2D eigenvalue weighted by atomic mass is 10.2. The van der Waals surface area contributed by atoms with Gasteiger partial charge in [-0.2, -0.15) is 13.2 Å². The van der Waals surface area contributed by atoms with Crippen LogP contribution >= 0.6 is 11.6 Å². The standard InChI is InChI=1S/C23H15ClF3NO7/c1-31-12-3-2-4-13(9-12)33-21-20(30)16-7-5-14(10-17(16)34-22(21)23(25,26)27)32-19(29)8-6-15-11-18(24)28-35-15/h2-5,7,9-11H,6,8H2,1H3. The van der Waals surface area contributed by atoms with Crippen LogP contribution in [0, 0.1) is 0 Å². The van der Waals surface area contributed by atoms with Crippen LogP contribution in [0.1, 0.15) is 17.9 Å². The molecule has 0 amide bonds. The molecule has 0 radical (unpaired) electrons. The van der Waals surface area contributed by atoms with Crippen molar-refractivity contribution in [2.24, 2.45) is 0 Å². The molecule has 0 saturated carbocycles. The van der Waals surface area contributed by atoms with Gasteiger partial charge < -0.3 is 23.2 Å². The van der Waals surface area contributed by atoms with Crippen molar-refractivity contribution < 1.29 is 41.1 Å². The molecule has 0 atom stereocenters. The number of carbonyl (C=O) groups is 1. The van der Waals surface area contributed by atoms with Crippen LogP contribution in [0.3, 0.4) is 0 Å². The van der Waals surface area contributed by atoms with Crippen molar-refractivity contribution in [3.05, 3.63) is 75.4 Å². The molecule has 0 aliphatic rings. The van der Waals surface area contributed by atoms with Gasteiger partial charge in [0.2, 0.25) is 11.2 Å². The lowest BCUT2D eigenvalue weighted by Gasteiger charge is -2.14. The van der Waals surface area contributed by atoms with E-state index >= 15 is 0 Å². The van der Waals surface area contributed by atoms with E-state index in [0.717, 1.165) is 6.07 Å². The molecule has 4 rings (SSSR count). The van der Waals surface area contributed by atoms with Gasteiger partial charge in [-0.05, 0) is 24.3 Å². The second kappa shape index (κ2) is 9.71. The number of ether oxygens (including phenoxy) is 3. The molecule has 0 bridgehead atoms. The summed E-state index contributed by atoms with van der Waals surface area (Å²) in [5.41, 5.74) is -1.49. The SMILES string of the molecule is COc1cccc(Oc2c(C(F)(F)F)oc3cc(OC(=O)CCc4cc(Cl)no4)ccc3c2=O)c1. The Balaban J connectivity index is 1.63. The average Bonchev–Trinajstić information content (AvgIpc) is 3.24. The van der Waals surface area contributed by atoms with E-state index in [0.29, 0.717) is 11.5 Å². The fourth-order valence-electron chi connectivity index (χ4n) is 3.10. The van der Waals surface area contributed by atoms with Gasteiger partial charge in [0.15, 0.2) is 5.15 Å².